The Morgan fingerprint density at radius 3 is 2.62 bits per heavy atom. The highest BCUT2D eigenvalue weighted by Gasteiger charge is 2.38. The van der Waals surface area contributed by atoms with Gasteiger partial charge in [-0.15, -0.1) is 0 Å². The third-order valence-corrected chi connectivity index (χ3v) is 2.60. The summed E-state index contributed by atoms with van der Waals surface area (Å²) >= 11 is 0. The average molecular weight is 185 g/mol. The van der Waals surface area contributed by atoms with Crippen molar-refractivity contribution in [2.24, 2.45) is 0 Å². The Hall–Kier alpha value is -1.03. The molecule has 4 heteroatoms. The summed E-state index contributed by atoms with van der Waals surface area (Å²) in [7, 11) is 0. The maximum absolute atomic E-state index is 10.3. The number of rotatable bonds is 2. The van der Waals surface area contributed by atoms with Gasteiger partial charge in [-0.25, -0.2) is 4.79 Å². The van der Waals surface area contributed by atoms with Crippen molar-refractivity contribution in [3.8, 4) is 0 Å². The predicted molar refractivity (Wildman–Crippen MR) is 48.2 cm³/mol. The van der Waals surface area contributed by atoms with Gasteiger partial charge in [0.1, 0.15) is 0 Å². The molecule has 0 aromatic rings. The second kappa shape index (κ2) is 3.38. The second-order valence-corrected chi connectivity index (χ2v) is 3.81. The van der Waals surface area contributed by atoms with Crippen molar-refractivity contribution < 1.29 is 15.0 Å². The Morgan fingerprint density at radius 1 is 1.62 bits per heavy atom. The molecule has 0 amide bonds. The van der Waals surface area contributed by atoms with Gasteiger partial charge in [0, 0.05) is 18.8 Å². The molecule has 0 bridgehead atoms. The molecule has 0 radical (unpaired) electrons. The van der Waals surface area contributed by atoms with Crippen molar-refractivity contribution in [3.05, 3.63) is 12.3 Å². The fourth-order valence-corrected chi connectivity index (χ4v) is 1.51. The van der Waals surface area contributed by atoms with E-state index in [0.717, 1.165) is 6.08 Å². The molecule has 1 saturated heterocycles. The quantitative estimate of drug-likeness (QED) is 0.612. The number of carboxylic acids is 1. The lowest BCUT2D eigenvalue weighted by atomic mass is 9.99. The first-order valence-electron chi connectivity index (χ1n) is 4.30. The van der Waals surface area contributed by atoms with Gasteiger partial charge in [0.25, 0.3) is 0 Å². The number of hydrogen-bond donors (Lipinski definition) is 2. The number of nitrogens with zero attached hydrogens (tertiary/aromatic N) is 1. The van der Waals surface area contributed by atoms with E-state index in [-0.39, 0.29) is 11.6 Å². The molecule has 74 valence electrons. The molecule has 1 rings (SSSR count). The van der Waals surface area contributed by atoms with E-state index >= 15 is 0 Å². The van der Waals surface area contributed by atoms with E-state index in [1.807, 2.05) is 18.7 Å². The Bertz CT molecular complexity index is 235. The fourth-order valence-electron chi connectivity index (χ4n) is 1.51. The Balaban J connectivity index is 2.67. The van der Waals surface area contributed by atoms with Gasteiger partial charge in [0.05, 0.1) is 11.6 Å². The summed E-state index contributed by atoms with van der Waals surface area (Å²) in [6, 6.07) is 0. The lowest BCUT2D eigenvalue weighted by Crippen LogP contribution is -2.41. The molecule has 4 nitrogen and oxygen atoms in total. The third-order valence-electron chi connectivity index (χ3n) is 2.60. The number of hydrogen-bond acceptors (Lipinski definition) is 3. The van der Waals surface area contributed by atoms with E-state index in [1.54, 1.807) is 0 Å². The highest BCUT2D eigenvalue weighted by Crippen LogP contribution is 2.28. The molecule has 0 aliphatic carbocycles. The van der Waals surface area contributed by atoms with Crippen LogP contribution >= 0.6 is 0 Å². The number of aliphatic hydroxyl groups is 1. The van der Waals surface area contributed by atoms with Crippen molar-refractivity contribution >= 4 is 5.97 Å². The smallest absolute Gasteiger partial charge is 0.329 e. The SMILES string of the molecule is CC1(C)C(O)CCN1/C=C/C(=O)O. The van der Waals surface area contributed by atoms with Crippen molar-refractivity contribution in [2.45, 2.75) is 31.9 Å². The molecule has 0 spiro atoms. The summed E-state index contributed by atoms with van der Waals surface area (Å²) in [5.41, 5.74) is -0.355. The monoisotopic (exact) mass is 185 g/mol. The van der Waals surface area contributed by atoms with Crippen molar-refractivity contribution in [3.63, 3.8) is 0 Å². The Labute approximate surface area is 77.5 Å². The maximum Gasteiger partial charge on any atom is 0.329 e. The summed E-state index contributed by atoms with van der Waals surface area (Å²) in [6.07, 6.45) is 2.93. The van der Waals surface area contributed by atoms with Crippen LogP contribution in [0.3, 0.4) is 0 Å². The van der Waals surface area contributed by atoms with E-state index in [1.165, 1.54) is 6.20 Å². The standard InChI is InChI=1S/C9H15NO3/c1-9(2)7(11)3-5-10(9)6-4-8(12)13/h4,6-7,11H,3,5H2,1-2H3,(H,12,13)/b6-4+. The first-order chi connectivity index (χ1) is 5.94. The van der Waals surface area contributed by atoms with Crippen LogP contribution in [0.1, 0.15) is 20.3 Å². The number of likely N-dealkylation sites (tertiary alicyclic amines) is 1. The lowest BCUT2D eigenvalue weighted by Gasteiger charge is -2.32. The van der Waals surface area contributed by atoms with Gasteiger partial charge >= 0.3 is 5.97 Å². The van der Waals surface area contributed by atoms with Gasteiger partial charge in [-0.05, 0) is 20.3 Å². The Morgan fingerprint density at radius 2 is 2.23 bits per heavy atom. The van der Waals surface area contributed by atoms with Crippen LogP contribution in [-0.2, 0) is 4.79 Å². The number of carbonyl (C=O) groups is 1. The van der Waals surface area contributed by atoms with Crippen LogP contribution in [-0.4, -0.2) is 39.3 Å². The summed E-state index contributed by atoms with van der Waals surface area (Å²) < 4.78 is 0. The van der Waals surface area contributed by atoms with Gasteiger partial charge in [-0.2, -0.15) is 0 Å². The van der Waals surface area contributed by atoms with Crippen LogP contribution in [0.5, 0.6) is 0 Å². The molecule has 1 aliphatic rings. The largest absolute Gasteiger partial charge is 0.478 e. The highest BCUT2D eigenvalue weighted by molar-refractivity contribution is 5.79. The molecule has 1 aliphatic heterocycles. The van der Waals surface area contributed by atoms with E-state index in [4.69, 9.17) is 5.11 Å². The molecule has 2 N–H and O–H groups in total. The first-order valence-corrected chi connectivity index (χ1v) is 4.30. The summed E-state index contributed by atoms with van der Waals surface area (Å²) in [5.74, 6) is -0.961. The van der Waals surface area contributed by atoms with E-state index in [2.05, 4.69) is 0 Å². The topological polar surface area (TPSA) is 60.8 Å². The fraction of sp³-hybridized carbons (Fsp3) is 0.667. The first kappa shape index (κ1) is 10.1. The molecule has 0 aromatic heterocycles. The number of carboxylic acid groups (broad SMARTS) is 1. The lowest BCUT2D eigenvalue weighted by molar-refractivity contribution is -0.131. The zero-order valence-corrected chi connectivity index (χ0v) is 7.90. The zero-order chi connectivity index (χ0) is 10.1. The normalized spacial score (nSPS) is 27.0. The average Bonchev–Trinajstić information content (AvgIpc) is 2.25. The van der Waals surface area contributed by atoms with E-state index in [9.17, 15) is 9.90 Å². The van der Waals surface area contributed by atoms with Gasteiger partial charge in [-0.1, -0.05) is 0 Å². The molecular weight excluding hydrogens is 170 g/mol. The van der Waals surface area contributed by atoms with Crippen LogP contribution in [0.4, 0.5) is 0 Å². The zero-order valence-electron chi connectivity index (χ0n) is 7.90. The van der Waals surface area contributed by atoms with Crippen LogP contribution in [0.25, 0.3) is 0 Å². The predicted octanol–water partition coefficient (Wildman–Crippen LogP) is 0.430. The van der Waals surface area contributed by atoms with Crippen molar-refractivity contribution in [1.29, 1.82) is 0 Å². The molecule has 1 heterocycles. The summed E-state index contributed by atoms with van der Waals surface area (Å²) in [6.45, 7) is 4.51. The maximum atomic E-state index is 10.3. The third kappa shape index (κ3) is 2.01. The highest BCUT2D eigenvalue weighted by atomic mass is 16.4. The number of aliphatic carboxylic acids is 1. The molecule has 1 fully saturated rings. The molecule has 1 unspecified atom stereocenters. The molecule has 1 atom stereocenters. The van der Waals surface area contributed by atoms with Crippen LogP contribution in [0.2, 0.25) is 0 Å². The van der Waals surface area contributed by atoms with Crippen molar-refractivity contribution in [1.82, 2.24) is 4.90 Å². The van der Waals surface area contributed by atoms with Crippen LogP contribution < -0.4 is 0 Å². The van der Waals surface area contributed by atoms with Crippen LogP contribution in [0.15, 0.2) is 12.3 Å². The second-order valence-electron chi connectivity index (χ2n) is 3.81. The molecular formula is C9H15NO3. The number of aliphatic hydroxyl groups excluding tert-OH is 1. The van der Waals surface area contributed by atoms with Gasteiger partial charge in [0.15, 0.2) is 0 Å². The van der Waals surface area contributed by atoms with Gasteiger partial charge in [0.2, 0.25) is 0 Å². The Kier molecular flexibility index (Phi) is 2.61. The van der Waals surface area contributed by atoms with E-state index in [0.29, 0.717) is 13.0 Å². The minimum Gasteiger partial charge on any atom is -0.478 e. The van der Waals surface area contributed by atoms with Gasteiger partial charge < -0.3 is 15.1 Å². The van der Waals surface area contributed by atoms with Gasteiger partial charge in [-0.3, -0.25) is 0 Å². The van der Waals surface area contributed by atoms with Crippen LogP contribution in [0, 0.1) is 0 Å². The molecule has 13 heavy (non-hydrogen) atoms. The molecule has 0 saturated carbocycles. The van der Waals surface area contributed by atoms with Crippen molar-refractivity contribution in [2.75, 3.05) is 6.54 Å². The summed E-state index contributed by atoms with van der Waals surface area (Å²) in [5, 5.41) is 18.0. The molecule has 0 aromatic carbocycles. The summed E-state index contributed by atoms with van der Waals surface area (Å²) in [4.78, 5) is 12.1. The van der Waals surface area contributed by atoms with E-state index < -0.39 is 5.97 Å². The minimum atomic E-state index is -0.961. The minimum absolute atomic E-state index is 0.355.